The highest BCUT2D eigenvalue weighted by Gasteiger charge is 2.33. The van der Waals surface area contributed by atoms with E-state index in [4.69, 9.17) is 0 Å². The molecule has 0 aliphatic carbocycles. The predicted octanol–water partition coefficient (Wildman–Crippen LogP) is 2.17. The Kier molecular flexibility index (Phi) is 2.32. The Morgan fingerprint density at radius 3 is 2.85 bits per heavy atom. The van der Waals surface area contributed by atoms with Crippen LogP contribution in [-0.4, -0.2) is 20.4 Å². The number of hydrogen-bond donors (Lipinski definition) is 1. The van der Waals surface area contributed by atoms with E-state index in [1.54, 1.807) is 6.20 Å². The second-order valence-electron chi connectivity index (χ2n) is 4.85. The molecule has 5 heteroatoms. The first-order chi connectivity index (χ1) is 9.83. The van der Waals surface area contributed by atoms with Gasteiger partial charge in [0.15, 0.2) is 5.65 Å². The highest BCUT2D eigenvalue weighted by molar-refractivity contribution is 5.99. The van der Waals surface area contributed by atoms with Crippen molar-refractivity contribution in [2.45, 2.75) is 12.5 Å². The quantitative estimate of drug-likeness (QED) is 0.771. The molecule has 1 atom stereocenters. The lowest BCUT2D eigenvalue weighted by Crippen LogP contribution is -2.18. The minimum atomic E-state index is -0.262. The zero-order chi connectivity index (χ0) is 13.5. The van der Waals surface area contributed by atoms with E-state index in [-0.39, 0.29) is 11.9 Å². The number of rotatable bonds is 2. The van der Waals surface area contributed by atoms with Crippen molar-refractivity contribution in [2.24, 2.45) is 0 Å². The molecule has 1 aromatic carbocycles. The minimum absolute atomic E-state index is 0.0119. The number of amides is 1. The summed E-state index contributed by atoms with van der Waals surface area (Å²) in [6, 6.07) is 13.5. The van der Waals surface area contributed by atoms with Crippen LogP contribution in [0.4, 0.5) is 5.95 Å². The molecule has 1 aliphatic heterocycles. The summed E-state index contributed by atoms with van der Waals surface area (Å²) >= 11 is 0. The van der Waals surface area contributed by atoms with Gasteiger partial charge in [0.1, 0.15) is 6.04 Å². The molecule has 1 aliphatic rings. The van der Waals surface area contributed by atoms with Crippen molar-refractivity contribution in [3.8, 4) is 0 Å². The van der Waals surface area contributed by atoms with Crippen LogP contribution in [-0.2, 0) is 11.2 Å². The largest absolute Gasteiger partial charge is 0.295 e. The molecule has 0 bridgehead atoms. The van der Waals surface area contributed by atoms with Crippen molar-refractivity contribution in [3.05, 3.63) is 54.2 Å². The number of pyridine rings is 1. The van der Waals surface area contributed by atoms with E-state index in [1.165, 1.54) is 0 Å². The van der Waals surface area contributed by atoms with Gasteiger partial charge in [-0.15, -0.1) is 0 Å². The molecule has 1 N–H and O–H groups in total. The Hall–Kier alpha value is -2.69. The monoisotopic (exact) mass is 264 g/mol. The van der Waals surface area contributed by atoms with E-state index in [1.807, 2.05) is 47.0 Å². The van der Waals surface area contributed by atoms with Crippen LogP contribution in [0.5, 0.6) is 0 Å². The molecule has 1 amide bonds. The Morgan fingerprint density at radius 2 is 2.00 bits per heavy atom. The number of carbonyl (C=O) groups is 1. The number of carbonyl (C=O) groups excluding carboxylic acids is 1. The molecule has 2 aromatic heterocycles. The SMILES string of the molecule is O=C1Nc2nc3ncccc3n2C1Cc1ccccc1. The summed E-state index contributed by atoms with van der Waals surface area (Å²) in [7, 11) is 0. The highest BCUT2D eigenvalue weighted by Crippen LogP contribution is 2.31. The van der Waals surface area contributed by atoms with Gasteiger partial charge in [0, 0.05) is 12.6 Å². The Bertz CT molecular complexity index is 794. The van der Waals surface area contributed by atoms with Crippen LogP contribution in [0.15, 0.2) is 48.7 Å². The van der Waals surface area contributed by atoms with E-state index < -0.39 is 0 Å². The summed E-state index contributed by atoms with van der Waals surface area (Å²) in [6.07, 6.45) is 2.36. The molecule has 0 saturated heterocycles. The molecule has 0 saturated carbocycles. The number of anilines is 1. The van der Waals surface area contributed by atoms with Gasteiger partial charge in [-0.05, 0) is 17.7 Å². The third-order valence-corrected chi connectivity index (χ3v) is 3.59. The Labute approximate surface area is 115 Å². The van der Waals surface area contributed by atoms with Gasteiger partial charge in [0.05, 0.1) is 5.52 Å². The predicted molar refractivity (Wildman–Crippen MR) is 75.3 cm³/mol. The first-order valence-electron chi connectivity index (χ1n) is 6.51. The van der Waals surface area contributed by atoms with Crippen molar-refractivity contribution in [3.63, 3.8) is 0 Å². The second kappa shape index (κ2) is 4.16. The first-order valence-corrected chi connectivity index (χ1v) is 6.51. The molecule has 3 aromatic rings. The normalized spacial score (nSPS) is 17.2. The van der Waals surface area contributed by atoms with Crippen LogP contribution in [0.1, 0.15) is 11.6 Å². The van der Waals surface area contributed by atoms with Gasteiger partial charge in [0.25, 0.3) is 0 Å². The van der Waals surface area contributed by atoms with Crippen LogP contribution < -0.4 is 5.32 Å². The topological polar surface area (TPSA) is 59.8 Å². The van der Waals surface area contributed by atoms with E-state index in [2.05, 4.69) is 15.3 Å². The molecule has 3 heterocycles. The second-order valence-corrected chi connectivity index (χ2v) is 4.85. The summed E-state index contributed by atoms with van der Waals surface area (Å²) < 4.78 is 1.94. The molecular formula is C15H12N4O. The van der Waals surface area contributed by atoms with E-state index in [0.717, 1.165) is 11.1 Å². The molecule has 20 heavy (non-hydrogen) atoms. The number of nitrogens with one attached hydrogen (secondary N) is 1. The van der Waals surface area contributed by atoms with Gasteiger partial charge in [-0.3, -0.25) is 14.7 Å². The number of nitrogens with zero attached hydrogens (tertiary/aromatic N) is 3. The van der Waals surface area contributed by atoms with Crippen LogP contribution in [0, 0.1) is 0 Å². The van der Waals surface area contributed by atoms with Crippen LogP contribution in [0.3, 0.4) is 0 Å². The third kappa shape index (κ3) is 1.60. The standard InChI is InChI=1S/C15H12N4O/c20-14-12(9-10-5-2-1-3-6-10)19-11-7-4-8-16-13(11)17-15(19)18-14/h1-8,12H,9H2,(H,16,17,18,20). The maximum Gasteiger partial charge on any atom is 0.250 e. The lowest BCUT2D eigenvalue weighted by molar-refractivity contribution is -0.118. The zero-order valence-electron chi connectivity index (χ0n) is 10.7. The van der Waals surface area contributed by atoms with E-state index >= 15 is 0 Å². The summed E-state index contributed by atoms with van der Waals surface area (Å²) in [5, 5.41) is 2.83. The summed E-state index contributed by atoms with van der Waals surface area (Å²) in [4.78, 5) is 20.7. The number of hydrogen-bond acceptors (Lipinski definition) is 3. The third-order valence-electron chi connectivity index (χ3n) is 3.59. The highest BCUT2D eigenvalue weighted by atomic mass is 16.2. The lowest BCUT2D eigenvalue weighted by atomic mass is 10.1. The summed E-state index contributed by atoms with van der Waals surface area (Å²) in [5.74, 6) is 0.576. The maximum absolute atomic E-state index is 12.1. The fraction of sp³-hybridized carbons (Fsp3) is 0.133. The number of benzene rings is 1. The van der Waals surface area contributed by atoms with Crippen LogP contribution in [0.2, 0.25) is 0 Å². The van der Waals surface area contributed by atoms with Gasteiger partial charge in [-0.1, -0.05) is 30.3 Å². The molecule has 98 valence electrons. The molecule has 0 spiro atoms. The molecule has 0 radical (unpaired) electrons. The molecule has 5 nitrogen and oxygen atoms in total. The van der Waals surface area contributed by atoms with E-state index in [9.17, 15) is 4.79 Å². The van der Waals surface area contributed by atoms with Gasteiger partial charge in [0.2, 0.25) is 11.9 Å². The summed E-state index contributed by atoms with van der Waals surface area (Å²) in [6.45, 7) is 0. The smallest absolute Gasteiger partial charge is 0.250 e. The Balaban J connectivity index is 1.81. The number of imidazole rings is 1. The van der Waals surface area contributed by atoms with Crippen molar-refractivity contribution >= 4 is 23.0 Å². The van der Waals surface area contributed by atoms with Gasteiger partial charge >= 0.3 is 0 Å². The first kappa shape index (κ1) is 11.2. The van der Waals surface area contributed by atoms with Crippen molar-refractivity contribution < 1.29 is 4.79 Å². The minimum Gasteiger partial charge on any atom is -0.295 e. The van der Waals surface area contributed by atoms with Crippen molar-refractivity contribution in [1.82, 2.24) is 14.5 Å². The maximum atomic E-state index is 12.1. The van der Waals surface area contributed by atoms with Crippen molar-refractivity contribution in [1.29, 1.82) is 0 Å². The van der Waals surface area contributed by atoms with Gasteiger partial charge in [-0.25, -0.2) is 4.98 Å². The average Bonchev–Trinajstić information content (AvgIpc) is 2.97. The van der Waals surface area contributed by atoms with Crippen LogP contribution in [0.25, 0.3) is 11.2 Å². The Morgan fingerprint density at radius 1 is 1.15 bits per heavy atom. The fourth-order valence-electron chi connectivity index (χ4n) is 2.67. The molecule has 1 unspecified atom stereocenters. The van der Waals surface area contributed by atoms with Gasteiger partial charge < -0.3 is 0 Å². The zero-order valence-corrected chi connectivity index (χ0v) is 10.7. The molecule has 4 rings (SSSR count). The van der Waals surface area contributed by atoms with Crippen molar-refractivity contribution in [2.75, 3.05) is 5.32 Å². The molecular weight excluding hydrogens is 252 g/mol. The number of aromatic nitrogens is 3. The summed E-state index contributed by atoms with van der Waals surface area (Å²) in [5.41, 5.74) is 2.69. The average molecular weight is 264 g/mol. The lowest BCUT2D eigenvalue weighted by Gasteiger charge is -2.11. The van der Waals surface area contributed by atoms with Crippen LogP contribution >= 0.6 is 0 Å². The number of fused-ring (bicyclic) bond motifs is 3. The van der Waals surface area contributed by atoms with Gasteiger partial charge in [-0.2, -0.15) is 4.98 Å². The molecule has 0 fully saturated rings. The fourth-order valence-corrected chi connectivity index (χ4v) is 2.67. The van der Waals surface area contributed by atoms with E-state index in [0.29, 0.717) is 18.0 Å².